The second-order valence-electron chi connectivity index (χ2n) is 4.11. The molecule has 0 bridgehead atoms. The standard InChI is InChI=1S/C13H10Cl2N4O/c1-6-7(2)18-19-13(8(6)5-16)20-12-4-10(15)9(14)3-11(12)17/h3-4H,17H2,1-2H3. The molecule has 0 saturated carbocycles. The Morgan fingerprint density at radius 2 is 1.85 bits per heavy atom. The van der Waals surface area contributed by atoms with Crippen LogP contribution in [0.3, 0.4) is 0 Å². The number of ether oxygens (including phenoxy) is 1. The first-order chi connectivity index (χ1) is 9.43. The lowest BCUT2D eigenvalue weighted by atomic mass is 10.1. The molecule has 0 atom stereocenters. The number of rotatable bonds is 2. The number of nitrogens with two attached hydrogens (primary N) is 1. The maximum absolute atomic E-state index is 9.19. The van der Waals surface area contributed by atoms with E-state index in [9.17, 15) is 5.26 Å². The molecular formula is C13H10Cl2N4O. The number of nitrogen functional groups attached to an aromatic ring is 1. The molecule has 1 heterocycles. The van der Waals surface area contributed by atoms with Gasteiger partial charge in [-0.3, -0.25) is 0 Å². The topological polar surface area (TPSA) is 84.8 Å². The van der Waals surface area contributed by atoms with E-state index in [-0.39, 0.29) is 11.6 Å². The average Bonchev–Trinajstić information content (AvgIpc) is 2.40. The number of nitrogens with zero attached hydrogens (tertiary/aromatic N) is 3. The Morgan fingerprint density at radius 3 is 2.50 bits per heavy atom. The van der Waals surface area contributed by atoms with E-state index in [0.717, 1.165) is 0 Å². The molecule has 20 heavy (non-hydrogen) atoms. The number of hydrogen-bond donors (Lipinski definition) is 1. The molecule has 7 heteroatoms. The first-order valence-electron chi connectivity index (χ1n) is 5.60. The molecule has 0 spiro atoms. The third kappa shape index (κ3) is 2.62. The van der Waals surface area contributed by atoms with Crippen LogP contribution in [0.5, 0.6) is 11.6 Å². The van der Waals surface area contributed by atoms with Crippen LogP contribution in [-0.2, 0) is 0 Å². The molecule has 5 nitrogen and oxygen atoms in total. The van der Waals surface area contributed by atoms with Gasteiger partial charge in [0.1, 0.15) is 11.6 Å². The fourth-order valence-corrected chi connectivity index (χ4v) is 1.85. The van der Waals surface area contributed by atoms with Gasteiger partial charge in [-0.25, -0.2) is 0 Å². The van der Waals surface area contributed by atoms with Crippen LogP contribution in [0, 0.1) is 25.2 Å². The monoisotopic (exact) mass is 308 g/mol. The zero-order valence-corrected chi connectivity index (χ0v) is 12.2. The summed E-state index contributed by atoms with van der Waals surface area (Å²) in [6.45, 7) is 3.54. The van der Waals surface area contributed by atoms with Gasteiger partial charge in [0, 0.05) is 6.07 Å². The van der Waals surface area contributed by atoms with Crippen molar-refractivity contribution < 1.29 is 4.74 Å². The number of anilines is 1. The van der Waals surface area contributed by atoms with Crippen molar-refractivity contribution in [3.05, 3.63) is 39.0 Å². The predicted octanol–water partition coefficient (Wildman–Crippen LogP) is 3.65. The van der Waals surface area contributed by atoms with Crippen LogP contribution in [0.25, 0.3) is 0 Å². The van der Waals surface area contributed by atoms with Gasteiger partial charge in [-0.2, -0.15) is 10.4 Å². The first-order valence-corrected chi connectivity index (χ1v) is 6.36. The van der Waals surface area contributed by atoms with E-state index in [1.54, 1.807) is 13.8 Å². The van der Waals surface area contributed by atoms with Crippen molar-refractivity contribution in [1.82, 2.24) is 10.2 Å². The highest BCUT2D eigenvalue weighted by atomic mass is 35.5. The molecule has 0 unspecified atom stereocenters. The maximum atomic E-state index is 9.19. The van der Waals surface area contributed by atoms with Crippen molar-refractivity contribution in [3.8, 4) is 17.7 Å². The van der Waals surface area contributed by atoms with Crippen molar-refractivity contribution in [2.24, 2.45) is 0 Å². The number of aryl methyl sites for hydroxylation is 1. The summed E-state index contributed by atoms with van der Waals surface area (Å²) >= 11 is 11.8. The number of hydrogen-bond acceptors (Lipinski definition) is 5. The van der Waals surface area contributed by atoms with Crippen molar-refractivity contribution in [2.45, 2.75) is 13.8 Å². The van der Waals surface area contributed by atoms with Crippen molar-refractivity contribution in [2.75, 3.05) is 5.73 Å². The average molecular weight is 309 g/mol. The third-order valence-electron chi connectivity index (χ3n) is 2.79. The number of aromatic nitrogens is 2. The van der Waals surface area contributed by atoms with Crippen molar-refractivity contribution >= 4 is 28.9 Å². The van der Waals surface area contributed by atoms with E-state index in [1.807, 2.05) is 6.07 Å². The summed E-state index contributed by atoms with van der Waals surface area (Å²) in [5, 5.41) is 17.6. The molecule has 0 amide bonds. The Hall–Kier alpha value is -2.03. The second kappa shape index (κ2) is 5.53. The smallest absolute Gasteiger partial charge is 0.257 e. The molecule has 1 aromatic carbocycles. The van der Waals surface area contributed by atoms with Gasteiger partial charge in [0.2, 0.25) is 0 Å². The van der Waals surface area contributed by atoms with Crippen LogP contribution in [0.1, 0.15) is 16.8 Å². The van der Waals surface area contributed by atoms with Crippen LogP contribution in [0.2, 0.25) is 10.0 Å². The highest BCUT2D eigenvalue weighted by Crippen LogP contribution is 2.35. The molecule has 0 fully saturated rings. The fraction of sp³-hybridized carbons (Fsp3) is 0.154. The molecule has 2 rings (SSSR count). The van der Waals surface area contributed by atoms with Crippen LogP contribution in [0.15, 0.2) is 12.1 Å². The normalized spacial score (nSPS) is 10.2. The Kier molecular flexibility index (Phi) is 3.98. The largest absolute Gasteiger partial charge is 0.434 e. The molecule has 1 aromatic heterocycles. The van der Waals surface area contributed by atoms with Gasteiger partial charge < -0.3 is 10.5 Å². The molecular weight excluding hydrogens is 299 g/mol. The van der Waals surface area contributed by atoms with Crippen molar-refractivity contribution in [3.63, 3.8) is 0 Å². The van der Waals surface area contributed by atoms with Crippen LogP contribution >= 0.6 is 23.2 Å². The summed E-state index contributed by atoms with van der Waals surface area (Å²) in [6, 6.07) is 4.98. The summed E-state index contributed by atoms with van der Waals surface area (Å²) < 4.78 is 5.54. The lowest BCUT2D eigenvalue weighted by Gasteiger charge is -2.11. The zero-order chi connectivity index (χ0) is 14.9. The summed E-state index contributed by atoms with van der Waals surface area (Å²) in [7, 11) is 0. The van der Waals surface area contributed by atoms with E-state index in [1.165, 1.54) is 12.1 Å². The van der Waals surface area contributed by atoms with E-state index < -0.39 is 0 Å². The van der Waals surface area contributed by atoms with Gasteiger partial charge in [-0.1, -0.05) is 23.2 Å². The van der Waals surface area contributed by atoms with Gasteiger partial charge in [-0.15, -0.1) is 5.10 Å². The molecule has 2 aromatic rings. The first kappa shape index (κ1) is 14.4. The van der Waals surface area contributed by atoms with Gasteiger partial charge in [0.15, 0.2) is 5.75 Å². The third-order valence-corrected chi connectivity index (χ3v) is 3.52. The molecule has 0 radical (unpaired) electrons. The fourth-order valence-electron chi connectivity index (χ4n) is 1.53. The number of halogens is 2. The Bertz CT molecular complexity index is 725. The Labute approximate surface area is 125 Å². The lowest BCUT2D eigenvalue weighted by Crippen LogP contribution is -2.01. The SMILES string of the molecule is Cc1nnc(Oc2cc(Cl)c(Cl)cc2N)c(C#N)c1C. The Morgan fingerprint density at radius 1 is 1.20 bits per heavy atom. The highest BCUT2D eigenvalue weighted by Gasteiger charge is 2.15. The molecule has 0 aliphatic heterocycles. The minimum Gasteiger partial charge on any atom is -0.434 e. The highest BCUT2D eigenvalue weighted by molar-refractivity contribution is 6.42. The molecule has 0 saturated heterocycles. The quantitative estimate of drug-likeness (QED) is 0.856. The number of nitriles is 1. The second-order valence-corrected chi connectivity index (χ2v) is 4.92. The van der Waals surface area contributed by atoms with E-state index in [0.29, 0.717) is 32.6 Å². The van der Waals surface area contributed by atoms with E-state index in [2.05, 4.69) is 10.2 Å². The van der Waals surface area contributed by atoms with Gasteiger partial charge >= 0.3 is 0 Å². The van der Waals surface area contributed by atoms with E-state index >= 15 is 0 Å². The van der Waals surface area contributed by atoms with Crippen LogP contribution in [-0.4, -0.2) is 10.2 Å². The summed E-state index contributed by atoms with van der Waals surface area (Å²) in [5.41, 5.74) is 7.77. The minimum absolute atomic E-state index is 0.0840. The summed E-state index contributed by atoms with van der Waals surface area (Å²) in [5.74, 6) is 0.356. The van der Waals surface area contributed by atoms with Crippen LogP contribution < -0.4 is 10.5 Å². The predicted molar refractivity (Wildman–Crippen MR) is 77.2 cm³/mol. The summed E-state index contributed by atoms with van der Waals surface area (Å²) in [6.07, 6.45) is 0. The number of benzene rings is 1. The van der Waals surface area contributed by atoms with Crippen molar-refractivity contribution in [1.29, 1.82) is 5.26 Å². The maximum Gasteiger partial charge on any atom is 0.257 e. The molecule has 102 valence electrons. The molecule has 2 N–H and O–H groups in total. The zero-order valence-electron chi connectivity index (χ0n) is 10.7. The van der Waals surface area contributed by atoms with E-state index in [4.69, 9.17) is 33.7 Å². The molecule has 0 aliphatic carbocycles. The lowest BCUT2D eigenvalue weighted by molar-refractivity contribution is 0.454. The Balaban J connectivity index is 2.49. The van der Waals surface area contributed by atoms with Crippen LogP contribution in [0.4, 0.5) is 5.69 Å². The van der Waals surface area contributed by atoms with Gasteiger partial charge in [-0.05, 0) is 25.5 Å². The van der Waals surface area contributed by atoms with Gasteiger partial charge in [0.25, 0.3) is 5.88 Å². The minimum atomic E-state index is 0.0840. The molecule has 0 aliphatic rings. The van der Waals surface area contributed by atoms with Gasteiger partial charge in [0.05, 0.1) is 21.4 Å². The summed E-state index contributed by atoms with van der Waals surface area (Å²) in [4.78, 5) is 0.